The molecule has 1 saturated heterocycles. The van der Waals surface area contributed by atoms with Crippen LogP contribution in [-0.2, 0) is 11.2 Å². The first-order valence-corrected chi connectivity index (χ1v) is 8.07. The van der Waals surface area contributed by atoms with Crippen LogP contribution in [0.3, 0.4) is 0 Å². The highest BCUT2D eigenvalue weighted by molar-refractivity contribution is 5.78. The standard InChI is InChI=1S/C17H24N2O2/c20-14-7-8-15-13(11-14)5-4-6-16(15)18-12-17(21)19-9-2-1-3-10-19/h7-8,11,16,18,20H,1-6,9-10,12H2. The van der Waals surface area contributed by atoms with E-state index in [1.54, 1.807) is 6.07 Å². The van der Waals surface area contributed by atoms with E-state index in [0.717, 1.165) is 45.2 Å². The third kappa shape index (κ3) is 3.38. The molecule has 2 N–H and O–H groups in total. The number of aromatic hydroxyl groups is 1. The molecule has 2 aliphatic rings. The van der Waals surface area contributed by atoms with Gasteiger partial charge in [-0.05, 0) is 61.8 Å². The van der Waals surface area contributed by atoms with Gasteiger partial charge in [0.05, 0.1) is 6.54 Å². The fraction of sp³-hybridized carbons (Fsp3) is 0.588. The van der Waals surface area contributed by atoms with E-state index < -0.39 is 0 Å². The number of amides is 1. The second-order valence-corrected chi connectivity index (χ2v) is 6.15. The molecule has 1 unspecified atom stereocenters. The summed E-state index contributed by atoms with van der Waals surface area (Å²) in [4.78, 5) is 14.2. The van der Waals surface area contributed by atoms with Gasteiger partial charge in [0, 0.05) is 19.1 Å². The Morgan fingerprint density at radius 3 is 2.86 bits per heavy atom. The van der Waals surface area contributed by atoms with Crippen molar-refractivity contribution in [2.75, 3.05) is 19.6 Å². The monoisotopic (exact) mass is 288 g/mol. The summed E-state index contributed by atoms with van der Waals surface area (Å²) in [5.41, 5.74) is 2.45. The van der Waals surface area contributed by atoms with E-state index >= 15 is 0 Å². The number of carbonyl (C=O) groups excluding carboxylic acids is 1. The van der Waals surface area contributed by atoms with Crippen LogP contribution >= 0.6 is 0 Å². The number of piperidine rings is 1. The summed E-state index contributed by atoms with van der Waals surface area (Å²) >= 11 is 0. The largest absolute Gasteiger partial charge is 0.508 e. The Morgan fingerprint density at radius 2 is 2.05 bits per heavy atom. The number of phenols is 1. The molecule has 1 aromatic carbocycles. The number of likely N-dealkylation sites (tertiary alicyclic amines) is 1. The highest BCUT2D eigenvalue weighted by Crippen LogP contribution is 2.31. The lowest BCUT2D eigenvalue weighted by Crippen LogP contribution is -2.42. The summed E-state index contributed by atoms with van der Waals surface area (Å²) in [5.74, 6) is 0.555. The zero-order chi connectivity index (χ0) is 14.7. The molecule has 114 valence electrons. The molecule has 4 nitrogen and oxygen atoms in total. The molecule has 1 aliphatic heterocycles. The maximum absolute atomic E-state index is 12.2. The summed E-state index contributed by atoms with van der Waals surface area (Å²) in [7, 11) is 0. The van der Waals surface area contributed by atoms with E-state index in [1.165, 1.54) is 17.5 Å². The Balaban J connectivity index is 1.60. The molecule has 1 heterocycles. The minimum atomic E-state index is 0.223. The van der Waals surface area contributed by atoms with Crippen molar-refractivity contribution in [2.45, 2.75) is 44.6 Å². The zero-order valence-electron chi connectivity index (χ0n) is 12.5. The van der Waals surface area contributed by atoms with Crippen molar-refractivity contribution in [3.63, 3.8) is 0 Å². The number of phenolic OH excluding ortho intramolecular Hbond substituents is 1. The van der Waals surface area contributed by atoms with Crippen LogP contribution in [0.4, 0.5) is 0 Å². The van der Waals surface area contributed by atoms with Crippen LogP contribution in [0.5, 0.6) is 5.75 Å². The molecule has 3 rings (SSSR count). The number of benzene rings is 1. The van der Waals surface area contributed by atoms with Crippen LogP contribution in [0.15, 0.2) is 18.2 Å². The number of nitrogens with one attached hydrogen (secondary N) is 1. The fourth-order valence-corrected chi connectivity index (χ4v) is 3.48. The maximum Gasteiger partial charge on any atom is 0.236 e. The normalized spacial score (nSPS) is 21.9. The minimum absolute atomic E-state index is 0.223. The molecule has 0 spiro atoms. The lowest BCUT2D eigenvalue weighted by Gasteiger charge is -2.30. The van der Waals surface area contributed by atoms with Gasteiger partial charge in [0.2, 0.25) is 5.91 Å². The van der Waals surface area contributed by atoms with Gasteiger partial charge in [0.1, 0.15) is 5.75 Å². The minimum Gasteiger partial charge on any atom is -0.508 e. The van der Waals surface area contributed by atoms with Crippen LogP contribution in [-0.4, -0.2) is 35.5 Å². The van der Waals surface area contributed by atoms with Gasteiger partial charge in [-0.25, -0.2) is 0 Å². The molecule has 0 radical (unpaired) electrons. The lowest BCUT2D eigenvalue weighted by molar-refractivity contribution is -0.131. The molecule has 1 aliphatic carbocycles. The number of carbonyl (C=O) groups is 1. The predicted octanol–water partition coefficient (Wildman–Crippen LogP) is 2.37. The average molecular weight is 288 g/mol. The van der Waals surface area contributed by atoms with Crippen LogP contribution in [0.1, 0.15) is 49.3 Å². The number of rotatable bonds is 3. The average Bonchev–Trinajstić information content (AvgIpc) is 2.53. The smallest absolute Gasteiger partial charge is 0.236 e. The number of nitrogens with zero attached hydrogens (tertiary/aromatic N) is 1. The number of hydrogen-bond donors (Lipinski definition) is 2. The number of hydrogen-bond acceptors (Lipinski definition) is 3. The fourth-order valence-electron chi connectivity index (χ4n) is 3.48. The topological polar surface area (TPSA) is 52.6 Å². The highest BCUT2D eigenvalue weighted by Gasteiger charge is 2.22. The number of fused-ring (bicyclic) bond motifs is 1. The van der Waals surface area contributed by atoms with Crippen molar-refractivity contribution < 1.29 is 9.90 Å². The van der Waals surface area contributed by atoms with Gasteiger partial charge in [-0.15, -0.1) is 0 Å². The van der Waals surface area contributed by atoms with Crippen molar-refractivity contribution >= 4 is 5.91 Å². The van der Waals surface area contributed by atoms with E-state index in [2.05, 4.69) is 5.32 Å². The number of aryl methyl sites for hydroxylation is 1. The van der Waals surface area contributed by atoms with Gasteiger partial charge < -0.3 is 15.3 Å². The third-order valence-corrected chi connectivity index (χ3v) is 4.65. The second kappa shape index (κ2) is 6.48. The quantitative estimate of drug-likeness (QED) is 0.898. The highest BCUT2D eigenvalue weighted by atomic mass is 16.3. The molecule has 1 aromatic rings. The molecule has 21 heavy (non-hydrogen) atoms. The Labute approximate surface area is 126 Å². The molecule has 0 saturated carbocycles. The van der Waals surface area contributed by atoms with E-state index in [4.69, 9.17) is 0 Å². The third-order valence-electron chi connectivity index (χ3n) is 4.65. The van der Waals surface area contributed by atoms with Crippen LogP contribution in [0.2, 0.25) is 0 Å². The Hall–Kier alpha value is -1.55. The molecule has 1 atom stereocenters. The zero-order valence-corrected chi connectivity index (χ0v) is 12.5. The first kappa shape index (κ1) is 14.4. The maximum atomic E-state index is 12.2. The summed E-state index contributed by atoms with van der Waals surface area (Å²) in [6.45, 7) is 2.25. The van der Waals surface area contributed by atoms with Crippen molar-refractivity contribution in [3.8, 4) is 5.75 Å². The van der Waals surface area contributed by atoms with Gasteiger partial charge in [0.15, 0.2) is 0 Å². The molecular formula is C17H24N2O2. The molecule has 0 aromatic heterocycles. The summed E-state index contributed by atoms with van der Waals surface area (Å²) in [6, 6.07) is 5.83. The second-order valence-electron chi connectivity index (χ2n) is 6.15. The van der Waals surface area contributed by atoms with Crippen LogP contribution in [0, 0.1) is 0 Å². The van der Waals surface area contributed by atoms with Gasteiger partial charge in [-0.2, -0.15) is 0 Å². The van der Waals surface area contributed by atoms with E-state index in [9.17, 15) is 9.90 Å². The van der Waals surface area contributed by atoms with E-state index in [-0.39, 0.29) is 11.9 Å². The first-order valence-electron chi connectivity index (χ1n) is 8.07. The summed E-state index contributed by atoms with van der Waals surface area (Å²) < 4.78 is 0. The Kier molecular flexibility index (Phi) is 4.44. The molecule has 0 bridgehead atoms. The van der Waals surface area contributed by atoms with Crippen molar-refractivity contribution in [1.82, 2.24) is 10.2 Å². The van der Waals surface area contributed by atoms with Crippen molar-refractivity contribution in [2.24, 2.45) is 0 Å². The van der Waals surface area contributed by atoms with Gasteiger partial charge >= 0.3 is 0 Å². The van der Waals surface area contributed by atoms with E-state index in [0.29, 0.717) is 12.3 Å². The van der Waals surface area contributed by atoms with Gasteiger partial charge in [-0.3, -0.25) is 4.79 Å². The Bertz CT molecular complexity index is 510. The molecule has 1 fully saturated rings. The van der Waals surface area contributed by atoms with E-state index in [1.807, 2.05) is 17.0 Å². The molecule has 4 heteroatoms. The van der Waals surface area contributed by atoms with Crippen molar-refractivity contribution in [3.05, 3.63) is 29.3 Å². The summed E-state index contributed by atoms with van der Waals surface area (Å²) in [5, 5.41) is 13.0. The Morgan fingerprint density at radius 1 is 1.24 bits per heavy atom. The molecule has 1 amide bonds. The first-order chi connectivity index (χ1) is 10.2. The predicted molar refractivity (Wildman–Crippen MR) is 82.2 cm³/mol. The summed E-state index contributed by atoms with van der Waals surface area (Å²) in [6.07, 6.45) is 6.70. The molecular weight excluding hydrogens is 264 g/mol. The van der Waals surface area contributed by atoms with Gasteiger partial charge in [0.25, 0.3) is 0 Å². The van der Waals surface area contributed by atoms with Crippen LogP contribution in [0.25, 0.3) is 0 Å². The van der Waals surface area contributed by atoms with Crippen molar-refractivity contribution in [1.29, 1.82) is 0 Å². The van der Waals surface area contributed by atoms with Gasteiger partial charge in [-0.1, -0.05) is 6.07 Å². The lowest BCUT2D eigenvalue weighted by atomic mass is 9.87. The van der Waals surface area contributed by atoms with Crippen LogP contribution < -0.4 is 5.32 Å². The SMILES string of the molecule is O=C(CNC1CCCc2cc(O)ccc21)N1CCCCC1.